The van der Waals surface area contributed by atoms with Crippen molar-refractivity contribution in [2.45, 2.75) is 0 Å². The minimum absolute atomic E-state index is 0.595. The molecule has 0 bridgehead atoms. The highest BCUT2D eigenvalue weighted by Gasteiger charge is 2.13. The molecule has 5 rings (SSSR count). The first kappa shape index (κ1) is 14.1. The molecule has 0 aliphatic heterocycles. The fourth-order valence-corrected chi connectivity index (χ4v) is 4.48. The van der Waals surface area contributed by atoms with E-state index in [-0.39, 0.29) is 0 Å². The van der Waals surface area contributed by atoms with Crippen LogP contribution in [0.25, 0.3) is 47.2 Å². The molecule has 0 spiro atoms. The van der Waals surface area contributed by atoms with Crippen molar-refractivity contribution in [1.29, 1.82) is 0 Å². The molecule has 0 saturated heterocycles. The summed E-state index contributed by atoms with van der Waals surface area (Å²) in [6.45, 7) is 7.19. The van der Waals surface area contributed by atoms with E-state index in [4.69, 9.17) is 6.57 Å². The molecule has 0 N–H and O–H groups in total. The summed E-state index contributed by atoms with van der Waals surface area (Å²) < 4.78 is 2.51. The Hall–Kier alpha value is -3.29. The van der Waals surface area contributed by atoms with E-state index < -0.39 is 0 Å². The van der Waals surface area contributed by atoms with Gasteiger partial charge in [-0.25, -0.2) is 14.8 Å². The topological polar surface area (TPSA) is 30.1 Å². The Morgan fingerprint density at radius 3 is 2.64 bits per heavy atom. The molecule has 2 aromatic heterocycles. The van der Waals surface area contributed by atoms with Crippen LogP contribution in [0.4, 0.5) is 5.69 Å². The lowest BCUT2D eigenvalue weighted by molar-refractivity contribution is 1.23. The molecule has 116 valence electrons. The monoisotopic (exact) mass is 337 g/mol. The predicted octanol–water partition coefficient (Wildman–Crippen LogP) is 6.22. The van der Waals surface area contributed by atoms with Crippen LogP contribution in [0.3, 0.4) is 0 Å². The molecular weight excluding hydrogens is 326 g/mol. The number of thiophene rings is 1. The number of hydrogen-bond acceptors (Lipinski definition) is 3. The molecule has 0 unspecified atom stereocenters. The highest BCUT2D eigenvalue weighted by atomic mass is 32.1. The van der Waals surface area contributed by atoms with E-state index in [9.17, 15) is 0 Å². The zero-order valence-corrected chi connectivity index (χ0v) is 13.9. The van der Waals surface area contributed by atoms with Crippen LogP contribution in [0, 0.1) is 6.57 Å². The van der Waals surface area contributed by atoms with Crippen LogP contribution in [-0.4, -0.2) is 9.97 Å². The Morgan fingerprint density at radius 1 is 0.840 bits per heavy atom. The lowest BCUT2D eigenvalue weighted by Gasteiger charge is -2.07. The fraction of sp³-hybridized carbons (Fsp3) is 0. The van der Waals surface area contributed by atoms with Gasteiger partial charge >= 0.3 is 0 Å². The molecule has 25 heavy (non-hydrogen) atoms. The van der Waals surface area contributed by atoms with Gasteiger partial charge in [0.05, 0.1) is 17.8 Å². The normalized spacial score (nSPS) is 11.2. The third-order valence-corrected chi connectivity index (χ3v) is 5.63. The smallest absolute Gasteiger partial charge is 0.189 e. The first-order valence-corrected chi connectivity index (χ1v) is 8.69. The van der Waals surface area contributed by atoms with Crippen LogP contribution in [0.5, 0.6) is 0 Å². The molecule has 4 heteroatoms. The molecule has 3 nitrogen and oxygen atoms in total. The van der Waals surface area contributed by atoms with Crippen LogP contribution in [0.15, 0.2) is 67.0 Å². The molecule has 5 aromatic rings. The van der Waals surface area contributed by atoms with E-state index in [0.29, 0.717) is 5.69 Å². The quantitative estimate of drug-likeness (QED) is 0.340. The third kappa shape index (κ3) is 2.10. The Morgan fingerprint density at radius 2 is 1.72 bits per heavy atom. The summed E-state index contributed by atoms with van der Waals surface area (Å²) in [6.07, 6.45) is 1.58. The van der Waals surface area contributed by atoms with Crippen LogP contribution in [0.1, 0.15) is 0 Å². The molecule has 0 atom stereocenters. The van der Waals surface area contributed by atoms with Gasteiger partial charge in [-0.15, -0.1) is 11.3 Å². The highest BCUT2D eigenvalue weighted by Crippen LogP contribution is 2.40. The van der Waals surface area contributed by atoms with Crippen molar-refractivity contribution < 1.29 is 0 Å². The van der Waals surface area contributed by atoms with E-state index in [1.165, 1.54) is 20.2 Å². The molecule has 0 saturated carbocycles. The van der Waals surface area contributed by atoms with Gasteiger partial charge < -0.3 is 0 Å². The molecular formula is C21H11N3S. The SMILES string of the molecule is [C-]#[N+]c1ccc2c(-c3cccc4c3sc3ccccc34)ncnc2c1. The zero-order valence-electron chi connectivity index (χ0n) is 13.1. The van der Waals surface area contributed by atoms with Crippen molar-refractivity contribution in [3.05, 3.63) is 78.4 Å². The number of rotatable bonds is 1. The van der Waals surface area contributed by atoms with Gasteiger partial charge in [0.15, 0.2) is 5.69 Å². The number of fused-ring (bicyclic) bond motifs is 4. The first-order valence-electron chi connectivity index (χ1n) is 7.88. The molecule has 0 aliphatic carbocycles. The van der Waals surface area contributed by atoms with Gasteiger partial charge in [0.2, 0.25) is 0 Å². The van der Waals surface area contributed by atoms with Crippen LogP contribution >= 0.6 is 11.3 Å². The molecule has 0 fully saturated rings. The van der Waals surface area contributed by atoms with E-state index in [1.54, 1.807) is 17.7 Å². The largest absolute Gasteiger partial charge is 0.238 e. The minimum Gasteiger partial charge on any atom is -0.238 e. The van der Waals surface area contributed by atoms with Crippen molar-refractivity contribution in [2.75, 3.05) is 0 Å². The van der Waals surface area contributed by atoms with Crippen molar-refractivity contribution in [1.82, 2.24) is 9.97 Å². The summed E-state index contributed by atoms with van der Waals surface area (Å²) in [4.78, 5) is 12.4. The van der Waals surface area contributed by atoms with Gasteiger partial charge in [-0.05, 0) is 12.1 Å². The molecule has 2 heterocycles. The van der Waals surface area contributed by atoms with Gasteiger partial charge in [-0.2, -0.15) is 0 Å². The summed E-state index contributed by atoms with van der Waals surface area (Å²) >= 11 is 1.79. The van der Waals surface area contributed by atoms with Crippen molar-refractivity contribution in [3.8, 4) is 11.3 Å². The molecule has 0 aliphatic rings. The summed E-state index contributed by atoms with van der Waals surface area (Å²) in [6, 6.07) is 20.4. The van der Waals surface area contributed by atoms with Gasteiger partial charge in [0, 0.05) is 31.1 Å². The molecule has 3 aromatic carbocycles. The van der Waals surface area contributed by atoms with Gasteiger partial charge in [-0.3, -0.25) is 0 Å². The maximum Gasteiger partial charge on any atom is 0.189 e. The van der Waals surface area contributed by atoms with Gasteiger partial charge in [0.1, 0.15) is 6.33 Å². The summed E-state index contributed by atoms with van der Waals surface area (Å²) in [5.74, 6) is 0. The second-order valence-corrected chi connectivity index (χ2v) is 6.87. The fourth-order valence-electron chi connectivity index (χ4n) is 3.26. The van der Waals surface area contributed by atoms with Crippen molar-refractivity contribution in [2.24, 2.45) is 0 Å². The van der Waals surface area contributed by atoms with Crippen LogP contribution in [0.2, 0.25) is 0 Å². The molecule has 0 radical (unpaired) electrons. The average molecular weight is 337 g/mol. The van der Waals surface area contributed by atoms with Crippen LogP contribution in [-0.2, 0) is 0 Å². The number of aromatic nitrogens is 2. The van der Waals surface area contributed by atoms with E-state index >= 15 is 0 Å². The second kappa shape index (κ2) is 5.37. The Bertz CT molecular complexity index is 1310. The Balaban J connectivity index is 1.87. The second-order valence-electron chi connectivity index (χ2n) is 5.82. The standard InChI is InChI=1S/C21H11N3S/c1-22-13-9-10-16-18(11-13)23-12-24-20(16)17-7-4-6-15-14-5-2-3-8-19(14)25-21(15)17/h2-12H. The predicted molar refractivity (Wildman–Crippen MR) is 104 cm³/mol. The van der Waals surface area contributed by atoms with E-state index in [0.717, 1.165) is 22.2 Å². The summed E-state index contributed by atoms with van der Waals surface area (Å²) in [5.41, 5.74) is 3.43. The first-order chi connectivity index (χ1) is 12.3. The number of nitrogens with zero attached hydrogens (tertiary/aromatic N) is 3. The van der Waals surface area contributed by atoms with Crippen LogP contribution < -0.4 is 0 Å². The third-order valence-electron chi connectivity index (χ3n) is 4.41. The van der Waals surface area contributed by atoms with E-state index in [2.05, 4.69) is 57.3 Å². The van der Waals surface area contributed by atoms with Gasteiger partial charge in [-0.1, -0.05) is 48.5 Å². The number of hydrogen-bond donors (Lipinski definition) is 0. The Kier molecular flexibility index (Phi) is 3.03. The lowest BCUT2D eigenvalue weighted by atomic mass is 10.0. The molecule has 0 amide bonds. The summed E-state index contributed by atoms with van der Waals surface area (Å²) in [7, 11) is 0. The average Bonchev–Trinajstić information content (AvgIpc) is 3.06. The van der Waals surface area contributed by atoms with Crippen molar-refractivity contribution >= 4 is 48.1 Å². The van der Waals surface area contributed by atoms with Gasteiger partial charge in [0.25, 0.3) is 0 Å². The maximum absolute atomic E-state index is 7.19. The lowest BCUT2D eigenvalue weighted by Crippen LogP contribution is -1.89. The highest BCUT2D eigenvalue weighted by molar-refractivity contribution is 7.26. The van der Waals surface area contributed by atoms with E-state index in [1.807, 2.05) is 18.2 Å². The zero-order chi connectivity index (χ0) is 16.8. The van der Waals surface area contributed by atoms with Crippen molar-refractivity contribution in [3.63, 3.8) is 0 Å². The maximum atomic E-state index is 7.19. The minimum atomic E-state index is 0.595. The summed E-state index contributed by atoms with van der Waals surface area (Å²) in [5, 5.41) is 3.50. The number of benzene rings is 3. The Labute approximate surface area is 148 Å².